The molecule has 2 heterocycles. The van der Waals surface area contributed by atoms with E-state index >= 15 is 0 Å². The second-order valence-corrected chi connectivity index (χ2v) is 5.32. The normalized spacial score (nSPS) is 23.2. The Hall–Kier alpha value is -0.910. The van der Waals surface area contributed by atoms with Crippen LogP contribution in [-0.4, -0.2) is 40.6 Å². The molecule has 2 unspecified atom stereocenters. The summed E-state index contributed by atoms with van der Waals surface area (Å²) >= 11 is 0. The number of aliphatic hydroxyl groups excluding tert-OH is 1. The van der Waals surface area contributed by atoms with Gasteiger partial charge in [-0.3, -0.25) is 4.68 Å². The summed E-state index contributed by atoms with van der Waals surface area (Å²) in [4.78, 5) is 0. The summed E-state index contributed by atoms with van der Waals surface area (Å²) in [5.74, 6) is 0.326. The lowest BCUT2D eigenvalue weighted by Crippen LogP contribution is -2.30. The number of β-amino-alcohol motifs (C(OH)–C–C–N with tert-alkyl or cyclic N) is 1. The lowest BCUT2D eigenvalue weighted by Gasteiger charge is -2.14. The van der Waals surface area contributed by atoms with Gasteiger partial charge in [0, 0.05) is 50.4 Å². The molecule has 2 rings (SSSR count). The van der Waals surface area contributed by atoms with E-state index in [1.54, 1.807) is 0 Å². The minimum absolute atomic E-state index is 0.210. The monoisotopic (exact) mass is 266 g/mol. The first kappa shape index (κ1) is 14.5. The van der Waals surface area contributed by atoms with Crippen LogP contribution in [0.4, 0.5) is 0 Å². The van der Waals surface area contributed by atoms with E-state index in [-0.39, 0.29) is 6.10 Å². The zero-order valence-electron chi connectivity index (χ0n) is 12.2. The second kappa shape index (κ2) is 6.50. The molecule has 1 aliphatic rings. The van der Waals surface area contributed by atoms with Crippen LogP contribution in [0.25, 0.3) is 0 Å². The van der Waals surface area contributed by atoms with E-state index in [0.717, 1.165) is 39.0 Å². The molecule has 3 N–H and O–H groups in total. The number of aliphatic hydroxyl groups is 1. The van der Waals surface area contributed by atoms with Gasteiger partial charge in [0.2, 0.25) is 0 Å². The van der Waals surface area contributed by atoms with Crippen molar-refractivity contribution in [3.8, 4) is 0 Å². The van der Waals surface area contributed by atoms with Gasteiger partial charge in [0.25, 0.3) is 0 Å². The summed E-state index contributed by atoms with van der Waals surface area (Å²) in [6.45, 7) is 7.65. The van der Waals surface area contributed by atoms with Crippen LogP contribution in [0.2, 0.25) is 0 Å². The molecule has 1 saturated heterocycles. The van der Waals surface area contributed by atoms with Gasteiger partial charge in [-0.25, -0.2) is 0 Å². The predicted molar refractivity (Wildman–Crippen MR) is 76.0 cm³/mol. The van der Waals surface area contributed by atoms with Crippen molar-refractivity contribution in [1.82, 2.24) is 20.4 Å². The number of nitrogens with one attached hydrogen (secondary N) is 2. The molecular formula is C14H26N4O. The van der Waals surface area contributed by atoms with Crippen molar-refractivity contribution in [3.05, 3.63) is 17.0 Å². The van der Waals surface area contributed by atoms with Crippen molar-refractivity contribution in [2.45, 2.75) is 39.3 Å². The molecule has 0 radical (unpaired) electrons. The Balaban J connectivity index is 1.95. The molecule has 1 aromatic rings. The molecular weight excluding hydrogens is 240 g/mol. The third-order valence-electron chi connectivity index (χ3n) is 4.04. The Morgan fingerprint density at radius 1 is 1.37 bits per heavy atom. The first-order chi connectivity index (χ1) is 9.17. The van der Waals surface area contributed by atoms with Crippen molar-refractivity contribution in [1.29, 1.82) is 0 Å². The predicted octanol–water partition coefficient (Wildman–Crippen LogP) is 0.215. The van der Waals surface area contributed by atoms with Crippen LogP contribution in [0.1, 0.15) is 30.8 Å². The molecule has 2 atom stereocenters. The molecule has 5 nitrogen and oxygen atoms in total. The highest BCUT2D eigenvalue weighted by atomic mass is 16.3. The fraction of sp³-hybridized carbons (Fsp3) is 0.786. The molecule has 0 amide bonds. The average molecular weight is 266 g/mol. The van der Waals surface area contributed by atoms with Crippen molar-refractivity contribution >= 4 is 0 Å². The lowest BCUT2D eigenvalue weighted by molar-refractivity contribution is 0.146. The maximum absolute atomic E-state index is 9.77. The number of nitrogens with zero attached hydrogens (tertiary/aromatic N) is 2. The summed E-state index contributed by atoms with van der Waals surface area (Å²) < 4.78 is 2.00. The molecule has 0 aromatic carbocycles. The van der Waals surface area contributed by atoms with E-state index in [2.05, 4.69) is 29.6 Å². The van der Waals surface area contributed by atoms with Crippen molar-refractivity contribution < 1.29 is 5.11 Å². The Bertz CT molecular complexity index is 416. The van der Waals surface area contributed by atoms with E-state index in [4.69, 9.17) is 0 Å². The number of aromatic nitrogens is 2. The zero-order chi connectivity index (χ0) is 13.8. The van der Waals surface area contributed by atoms with Crippen LogP contribution < -0.4 is 10.6 Å². The summed E-state index contributed by atoms with van der Waals surface area (Å²) in [5.41, 5.74) is 3.85. The van der Waals surface area contributed by atoms with Crippen LogP contribution >= 0.6 is 0 Å². The number of rotatable bonds is 6. The van der Waals surface area contributed by atoms with Gasteiger partial charge in [-0.05, 0) is 12.8 Å². The molecule has 1 aromatic heterocycles. The molecule has 5 heteroatoms. The van der Waals surface area contributed by atoms with Crippen LogP contribution in [0.15, 0.2) is 0 Å². The van der Waals surface area contributed by atoms with E-state index < -0.39 is 0 Å². The van der Waals surface area contributed by atoms with Gasteiger partial charge in [0.05, 0.1) is 11.8 Å². The summed E-state index contributed by atoms with van der Waals surface area (Å²) in [5, 5.41) is 21.1. The zero-order valence-corrected chi connectivity index (χ0v) is 12.2. The lowest BCUT2D eigenvalue weighted by atomic mass is 10.1. The maximum Gasteiger partial charge on any atom is 0.0716 e. The SMILES string of the molecule is CCc1nn(C)c(CC)c1CNCC1CNCC1O. The molecule has 108 valence electrons. The van der Waals surface area contributed by atoms with E-state index in [1.807, 2.05) is 11.7 Å². The highest BCUT2D eigenvalue weighted by molar-refractivity contribution is 5.26. The molecule has 19 heavy (non-hydrogen) atoms. The third-order valence-corrected chi connectivity index (χ3v) is 4.04. The smallest absolute Gasteiger partial charge is 0.0716 e. The maximum atomic E-state index is 9.77. The Morgan fingerprint density at radius 3 is 2.74 bits per heavy atom. The van der Waals surface area contributed by atoms with Crippen LogP contribution in [-0.2, 0) is 26.4 Å². The minimum atomic E-state index is -0.210. The van der Waals surface area contributed by atoms with E-state index in [9.17, 15) is 5.11 Å². The van der Waals surface area contributed by atoms with Crippen molar-refractivity contribution in [2.24, 2.45) is 13.0 Å². The van der Waals surface area contributed by atoms with Crippen LogP contribution in [0, 0.1) is 5.92 Å². The third kappa shape index (κ3) is 3.16. The summed E-state index contributed by atoms with van der Waals surface area (Å²) in [7, 11) is 2.02. The minimum Gasteiger partial charge on any atom is -0.391 e. The van der Waals surface area contributed by atoms with Crippen LogP contribution in [0.3, 0.4) is 0 Å². The fourth-order valence-electron chi connectivity index (χ4n) is 2.90. The summed E-state index contributed by atoms with van der Waals surface area (Å²) in [6.07, 6.45) is 1.77. The Kier molecular flexibility index (Phi) is 4.96. The highest BCUT2D eigenvalue weighted by Gasteiger charge is 2.24. The molecule has 0 saturated carbocycles. The van der Waals surface area contributed by atoms with Gasteiger partial charge in [0.1, 0.15) is 0 Å². The van der Waals surface area contributed by atoms with Gasteiger partial charge in [-0.2, -0.15) is 5.10 Å². The largest absolute Gasteiger partial charge is 0.391 e. The molecule has 1 aliphatic heterocycles. The van der Waals surface area contributed by atoms with Gasteiger partial charge in [-0.1, -0.05) is 13.8 Å². The van der Waals surface area contributed by atoms with Gasteiger partial charge in [-0.15, -0.1) is 0 Å². The second-order valence-electron chi connectivity index (χ2n) is 5.32. The van der Waals surface area contributed by atoms with Crippen molar-refractivity contribution in [3.63, 3.8) is 0 Å². The van der Waals surface area contributed by atoms with Crippen LogP contribution in [0.5, 0.6) is 0 Å². The molecule has 0 bridgehead atoms. The Morgan fingerprint density at radius 2 is 2.16 bits per heavy atom. The van der Waals surface area contributed by atoms with E-state index in [0.29, 0.717) is 5.92 Å². The first-order valence-corrected chi connectivity index (χ1v) is 7.30. The fourth-order valence-corrected chi connectivity index (χ4v) is 2.90. The molecule has 0 spiro atoms. The van der Waals surface area contributed by atoms with E-state index in [1.165, 1.54) is 17.0 Å². The number of hydrogen-bond donors (Lipinski definition) is 3. The number of hydrogen-bond acceptors (Lipinski definition) is 4. The van der Waals surface area contributed by atoms with Crippen molar-refractivity contribution in [2.75, 3.05) is 19.6 Å². The quantitative estimate of drug-likeness (QED) is 0.689. The molecule has 0 aliphatic carbocycles. The molecule has 1 fully saturated rings. The number of aryl methyl sites for hydroxylation is 2. The average Bonchev–Trinajstić information content (AvgIpc) is 2.93. The first-order valence-electron chi connectivity index (χ1n) is 7.30. The topological polar surface area (TPSA) is 62.1 Å². The summed E-state index contributed by atoms with van der Waals surface area (Å²) in [6, 6.07) is 0. The van der Waals surface area contributed by atoms with Gasteiger partial charge >= 0.3 is 0 Å². The van der Waals surface area contributed by atoms with Gasteiger partial charge in [0.15, 0.2) is 0 Å². The Labute approximate surface area is 115 Å². The standard InChI is InChI=1S/C14H26N4O/c1-4-12-11(13(5-2)18(3)17-12)8-15-6-10-7-16-9-14(10)19/h10,14-16,19H,4-9H2,1-3H3. The van der Waals surface area contributed by atoms with Gasteiger partial charge < -0.3 is 15.7 Å². The highest BCUT2D eigenvalue weighted by Crippen LogP contribution is 2.15.